The van der Waals surface area contributed by atoms with Crippen molar-refractivity contribution in [3.05, 3.63) is 93.1 Å². The molecule has 9 heteroatoms. The Balaban J connectivity index is -0.000000188. The van der Waals surface area contributed by atoms with Crippen LogP contribution in [0.15, 0.2) is 61.2 Å². The predicted molar refractivity (Wildman–Crippen MR) is 68.6 cm³/mol. The standard InChI is InChI=1S/2C5H5N.2N3.Zn/c2*1-2-4-6-5-3-1;2*1-3-2;/h2*1-5H;;;/q;;2*-1;+2. The van der Waals surface area contributed by atoms with Crippen LogP contribution in [0.5, 0.6) is 0 Å². The zero-order valence-corrected chi connectivity index (χ0v) is 13.0. The molecular formula is C10H10N8Zn. The summed E-state index contributed by atoms with van der Waals surface area (Å²) in [5.74, 6) is 0. The van der Waals surface area contributed by atoms with Gasteiger partial charge in [-0.2, -0.15) is 0 Å². The van der Waals surface area contributed by atoms with Crippen LogP contribution < -0.4 is 0 Å². The molecule has 0 atom stereocenters. The molecule has 8 nitrogen and oxygen atoms in total. The molecule has 2 heterocycles. The number of hydrogen-bond acceptors (Lipinski definition) is 2. The van der Waals surface area contributed by atoms with E-state index in [1.54, 1.807) is 24.8 Å². The van der Waals surface area contributed by atoms with E-state index in [2.05, 4.69) is 9.97 Å². The van der Waals surface area contributed by atoms with Crippen LogP contribution in [0.25, 0.3) is 31.9 Å². The summed E-state index contributed by atoms with van der Waals surface area (Å²) in [6.45, 7) is 0. The Hall–Kier alpha value is -2.46. The number of rotatable bonds is 0. The molecule has 0 N–H and O–H groups in total. The van der Waals surface area contributed by atoms with E-state index >= 15 is 0 Å². The second-order valence-electron chi connectivity index (χ2n) is 2.23. The van der Waals surface area contributed by atoms with E-state index in [-0.39, 0.29) is 19.5 Å². The molecule has 19 heavy (non-hydrogen) atoms. The van der Waals surface area contributed by atoms with E-state index in [9.17, 15) is 0 Å². The maximum atomic E-state index is 6.75. The summed E-state index contributed by atoms with van der Waals surface area (Å²) in [6, 6.07) is 11.4. The smallest absolute Gasteiger partial charge is 0.373 e. The van der Waals surface area contributed by atoms with Gasteiger partial charge in [0.1, 0.15) is 0 Å². The zero-order chi connectivity index (χ0) is 13.9. The fourth-order valence-corrected chi connectivity index (χ4v) is 0.625. The Kier molecular flexibility index (Phi) is 28.3. The normalized spacial score (nSPS) is 5.89. The third kappa shape index (κ3) is 31.3. The largest absolute Gasteiger partial charge is 2.00 e. The monoisotopic (exact) mass is 306 g/mol. The van der Waals surface area contributed by atoms with E-state index in [0.717, 1.165) is 0 Å². The Morgan fingerprint density at radius 3 is 0.789 bits per heavy atom. The van der Waals surface area contributed by atoms with Gasteiger partial charge in [0.15, 0.2) is 0 Å². The second kappa shape index (κ2) is 24.7. The van der Waals surface area contributed by atoms with Crippen molar-refractivity contribution in [1.82, 2.24) is 9.97 Å². The Labute approximate surface area is 123 Å². The summed E-state index contributed by atoms with van der Waals surface area (Å²) in [7, 11) is 0. The van der Waals surface area contributed by atoms with Crippen LogP contribution in [0.2, 0.25) is 0 Å². The van der Waals surface area contributed by atoms with Gasteiger partial charge in [-0.1, -0.05) is 12.1 Å². The first-order valence-electron chi connectivity index (χ1n) is 4.50. The van der Waals surface area contributed by atoms with Crippen LogP contribution in [0.1, 0.15) is 0 Å². The second-order valence-corrected chi connectivity index (χ2v) is 2.23. The van der Waals surface area contributed by atoms with Crippen molar-refractivity contribution in [3.63, 3.8) is 0 Å². The Bertz CT molecular complexity index is 327. The molecule has 0 bridgehead atoms. The number of nitrogens with zero attached hydrogens (tertiary/aromatic N) is 8. The summed E-state index contributed by atoms with van der Waals surface area (Å²) in [5.41, 5.74) is 27.0. The molecule has 0 radical (unpaired) electrons. The van der Waals surface area contributed by atoms with Gasteiger partial charge >= 0.3 is 19.5 Å². The van der Waals surface area contributed by atoms with Crippen molar-refractivity contribution in [1.29, 1.82) is 0 Å². The van der Waals surface area contributed by atoms with Crippen molar-refractivity contribution in [3.8, 4) is 0 Å². The minimum atomic E-state index is 0. The van der Waals surface area contributed by atoms with E-state index in [0.29, 0.717) is 0 Å². The maximum Gasteiger partial charge on any atom is 2.00 e. The van der Waals surface area contributed by atoms with E-state index in [1.807, 2.05) is 36.4 Å². The molecule has 0 aliphatic carbocycles. The molecule has 0 saturated carbocycles. The molecule has 0 fully saturated rings. The minimum absolute atomic E-state index is 0. The van der Waals surface area contributed by atoms with Crippen molar-refractivity contribution in [2.45, 2.75) is 0 Å². The van der Waals surface area contributed by atoms with Gasteiger partial charge in [-0.05, 0) is 24.3 Å². The van der Waals surface area contributed by atoms with Gasteiger partial charge in [-0.15, -0.1) is 0 Å². The van der Waals surface area contributed by atoms with Crippen molar-refractivity contribution >= 4 is 0 Å². The molecule has 0 saturated heterocycles. The summed E-state index contributed by atoms with van der Waals surface area (Å²) in [4.78, 5) is 10.6. The fourth-order valence-electron chi connectivity index (χ4n) is 0.625. The van der Waals surface area contributed by atoms with E-state index in [4.69, 9.17) is 22.1 Å². The van der Waals surface area contributed by atoms with Gasteiger partial charge < -0.3 is 22.1 Å². The van der Waals surface area contributed by atoms with Gasteiger partial charge in [-0.25, -0.2) is 0 Å². The first-order chi connectivity index (χ1) is 8.83. The molecule has 2 rings (SSSR count). The molecule has 0 amide bonds. The quantitative estimate of drug-likeness (QED) is 0.315. The van der Waals surface area contributed by atoms with Crippen molar-refractivity contribution in [2.24, 2.45) is 0 Å². The van der Waals surface area contributed by atoms with Crippen LogP contribution in [0, 0.1) is 0 Å². The first kappa shape index (κ1) is 21.8. The minimum Gasteiger partial charge on any atom is -0.373 e. The molecule has 0 aromatic carbocycles. The molecule has 2 aromatic rings. The molecule has 2 aromatic heterocycles. The summed E-state index contributed by atoms with van der Waals surface area (Å²) in [5, 5.41) is 0. The Morgan fingerprint density at radius 1 is 0.526 bits per heavy atom. The SMILES string of the molecule is [N-]=[N+]=[N-].[N-]=[N+]=[N-].[Zn+2].c1ccncc1.c1ccncc1. The number of aromatic nitrogens is 2. The fraction of sp³-hybridized carbons (Fsp3) is 0. The molecular weight excluding hydrogens is 298 g/mol. The predicted octanol–water partition coefficient (Wildman–Crippen LogP) is 3.89. The van der Waals surface area contributed by atoms with Crippen molar-refractivity contribution < 1.29 is 19.5 Å². The van der Waals surface area contributed by atoms with Gasteiger partial charge in [0.05, 0.1) is 0 Å². The summed E-state index contributed by atoms with van der Waals surface area (Å²) >= 11 is 0. The average molecular weight is 308 g/mol. The molecule has 0 aliphatic heterocycles. The van der Waals surface area contributed by atoms with E-state index < -0.39 is 0 Å². The summed E-state index contributed by atoms with van der Waals surface area (Å²) < 4.78 is 0. The van der Waals surface area contributed by atoms with Crippen LogP contribution in [-0.4, -0.2) is 9.97 Å². The van der Waals surface area contributed by atoms with Gasteiger partial charge in [0.2, 0.25) is 0 Å². The summed E-state index contributed by atoms with van der Waals surface area (Å²) in [6.07, 6.45) is 7.00. The zero-order valence-electron chi connectivity index (χ0n) is 10.1. The number of hydrogen-bond donors (Lipinski definition) is 0. The maximum absolute atomic E-state index is 6.75. The molecule has 0 aliphatic rings. The third-order valence-electron chi connectivity index (χ3n) is 1.13. The van der Waals surface area contributed by atoms with Gasteiger partial charge in [0, 0.05) is 24.8 Å². The molecule has 0 unspecified atom stereocenters. The van der Waals surface area contributed by atoms with Crippen LogP contribution in [0.4, 0.5) is 0 Å². The first-order valence-corrected chi connectivity index (χ1v) is 4.50. The number of pyridine rings is 2. The van der Waals surface area contributed by atoms with Crippen LogP contribution in [0.3, 0.4) is 0 Å². The molecule has 0 spiro atoms. The van der Waals surface area contributed by atoms with Gasteiger partial charge in [0.25, 0.3) is 0 Å². The van der Waals surface area contributed by atoms with Crippen LogP contribution in [-0.2, 0) is 19.5 Å². The van der Waals surface area contributed by atoms with Crippen molar-refractivity contribution in [2.75, 3.05) is 0 Å². The Morgan fingerprint density at radius 2 is 0.737 bits per heavy atom. The molecule has 92 valence electrons. The topological polar surface area (TPSA) is 143 Å². The van der Waals surface area contributed by atoms with E-state index in [1.165, 1.54) is 9.82 Å². The third-order valence-corrected chi connectivity index (χ3v) is 1.13. The average Bonchev–Trinajstić information content (AvgIpc) is 2.45. The van der Waals surface area contributed by atoms with Gasteiger partial charge in [-0.3, -0.25) is 19.8 Å². The van der Waals surface area contributed by atoms with Crippen LogP contribution >= 0.6 is 0 Å².